The lowest BCUT2D eigenvalue weighted by Crippen LogP contribution is -2.53. The fraction of sp³-hybridized carbons (Fsp3) is 0.591. The van der Waals surface area contributed by atoms with Gasteiger partial charge in [0.15, 0.2) is 0 Å². The van der Waals surface area contributed by atoms with E-state index in [1.807, 2.05) is 17.0 Å². The molecule has 0 unspecified atom stereocenters. The van der Waals surface area contributed by atoms with Crippen LogP contribution in [0.1, 0.15) is 6.92 Å². The Bertz CT molecular complexity index is 927. The summed E-state index contributed by atoms with van der Waals surface area (Å²) in [4.78, 5) is 41.3. The lowest BCUT2D eigenvalue weighted by atomic mass is 10.2. The molecule has 0 saturated carbocycles. The standard InChI is InChI=1S/C22H31FN6O5/c1-16(30)24-14-18-15-28(22(32)34-18)17-3-4-20(19(23)13-17)26-6-5-25(2)29(8-7-26)21(31)27-9-11-33-12-10-27/h3-4,13,18H,5-12,14-15H2,1-2H3,(H,24,30)/t18-/m0/s1. The van der Waals surface area contributed by atoms with Crippen LogP contribution in [0.4, 0.5) is 25.4 Å². The van der Waals surface area contributed by atoms with Gasteiger partial charge in [0.05, 0.1) is 44.2 Å². The summed E-state index contributed by atoms with van der Waals surface area (Å²) in [5, 5.41) is 6.20. The normalized spacial score (nSPS) is 22.0. The molecule has 0 aromatic heterocycles. The molecule has 0 spiro atoms. The molecule has 1 atom stereocenters. The number of hydrogen-bond donors (Lipinski definition) is 1. The minimum Gasteiger partial charge on any atom is -0.442 e. The van der Waals surface area contributed by atoms with E-state index in [2.05, 4.69) is 5.32 Å². The second kappa shape index (κ2) is 10.4. The molecule has 3 fully saturated rings. The highest BCUT2D eigenvalue weighted by Gasteiger charge is 2.33. The number of amides is 4. The lowest BCUT2D eigenvalue weighted by molar-refractivity contribution is -0.119. The van der Waals surface area contributed by atoms with Crippen molar-refractivity contribution in [3.05, 3.63) is 24.0 Å². The molecular formula is C22H31FN6O5. The average molecular weight is 479 g/mol. The Hall–Kier alpha value is -3.12. The van der Waals surface area contributed by atoms with E-state index < -0.39 is 18.0 Å². The van der Waals surface area contributed by atoms with E-state index in [1.165, 1.54) is 17.9 Å². The highest BCUT2D eigenvalue weighted by atomic mass is 19.1. The number of benzene rings is 1. The van der Waals surface area contributed by atoms with Crippen molar-refractivity contribution < 1.29 is 28.2 Å². The number of morpholine rings is 1. The number of hydrogen-bond acceptors (Lipinski definition) is 7. The van der Waals surface area contributed by atoms with Gasteiger partial charge in [-0.05, 0) is 18.2 Å². The largest absolute Gasteiger partial charge is 0.442 e. The van der Waals surface area contributed by atoms with Gasteiger partial charge < -0.3 is 24.6 Å². The highest BCUT2D eigenvalue weighted by Crippen LogP contribution is 2.28. The van der Waals surface area contributed by atoms with Gasteiger partial charge >= 0.3 is 12.1 Å². The first-order valence-corrected chi connectivity index (χ1v) is 11.5. The number of carbonyl (C=O) groups excluding carboxylic acids is 3. The number of halogens is 1. The molecule has 4 amide bonds. The number of urea groups is 1. The van der Waals surface area contributed by atoms with Crippen molar-refractivity contribution in [1.82, 2.24) is 20.2 Å². The molecule has 4 rings (SSSR count). The summed E-state index contributed by atoms with van der Waals surface area (Å²) >= 11 is 0. The fourth-order valence-corrected chi connectivity index (χ4v) is 4.30. The zero-order valence-electron chi connectivity index (χ0n) is 19.5. The van der Waals surface area contributed by atoms with E-state index in [4.69, 9.17) is 9.47 Å². The van der Waals surface area contributed by atoms with Gasteiger partial charge in [-0.3, -0.25) is 14.7 Å². The number of anilines is 2. The van der Waals surface area contributed by atoms with Crippen LogP contribution in [-0.2, 0) is 14.3 Å². The maximum absolute atomic E-state index is 15.1. The molecule has 186 valence electrons. The first kappa shape index (κ1) is 24.0. The van der Waals surface area contributed by atoms with E-state index in [1.54, 1.807) is 22.0 Å². The number of rotatable bonds is 4. The maximum atomic E-state index is 15.1. The lowest BCUT2D eigenvalue weighted by Gasteiger charge is -2.36. The Morgan fingerprint density at radius 1 is 1.12 bits per heavy atom. The average Bonchev–Trinajstić information content (AvgIpc) is 3.09. The first-order chi connectivity index (χ1) is 16.3. The number of hydrazine groups is 1. The Balaban J connectivity index is 1.40. The zero-order chi connectivity index (χ0) is 24.2. The molecule has 3 saturated heterocycles. The summed E-state index contributed by atoms with van der Waals surface area (Å²) < 4.78 is 25.7. The topological polar surface area (TPSA) is 97.9 Å². The molecule has 0 bridgehead atoms. The van der Waals surface area contributed by atoms with Crippen molar-refractivity contribution in [3.63, 3.8) is 0 Å². The molecule has 3 aliphatic heterocycles. The van der Waals surface area contributed by atoms with Crippen molar-refractivity contribution >= 4 is 29.4 Å². The van der Waals surface area contributed by atoms with Gasteiger partial charge in [0.25, 0.3) is 0 Å². The van der Waals surface area contributed by atoms with Crippen LogP contribution in [0.25, 0.3) is 0 Å². The Kier molecular flexibility index (Phi) is 7.37. The van der Waals surface area contributed by atoms with Gasteiger partial charge in [0.2, 0.25) is 5.91 Å². The van der Waals surface area contributed by atoms with Crippen LogP contribution < -0.4 is 15.1 Å². The van der Waals surface area contributed by atoms with Gasteiger partial charge in [0.1, 0.15) is 11.9 Å². The first-order valence-electron chi connectivity index (χ1n) is 11.5. The van der Waals surface area contributed by atoms with Gasteiger partial charge in [0, 0.05) is 46.7 Å². The molecule has 0 aliphatic carbocycles. The maximum Gasteiger partial charge on any atom is 0.414 e. The second-order valence-electron chi connectivity index (χ2n) is 8.56. The third-order valence-electron chi connectivity index (χ3n) is 6.23. The molecule has 34 heavy (non-hydrogen) atoms. The smallest absolute Gasteiger partial charge is 0.414 e. The van der Waals surface area contributed by atoms with Crippen molar-refractivity contribution in [3.8, 4) is 0 Å². The molecule has 1 N–H and O–H groups in total. The summed E-state index contributed by atoms with van der Waals surface area (Å²) in [6.45, 7) is 6.02. The molecule has 1 aromatic rings. The quantitative estimate of drug-likeness (QED) is 0.681. The van der Waals surface area contributed by atoms with E-state index >= 15 is 4.39 Å². The van der Waals surface area contributed by atoms with Crippen LogP contribution in [0, 0.1) is 5.82 Å². The minimum atomic E-state index is -0.573. The monoisotopic (exact) mass is 478 g/mol. The van der Waals surface area contributed by atoms with Crippen LogP contribution in [0.3, 0.4) is 0 Å². The molecule has 1 aromatic carbocycles. The summed E-state index contributed by atoms with van der Waals surface area (Å²) in [7, 11) is 1.86. The van der Waals surface area contributed by atoms with Crippen molar-refractivity contribution in [1.29, 1.82) is 0 Å². The second-order valence-corrected chi connectivity index (χ2v) is 8.56. The highest BCUT2D eigenvalue weighted by molar-refractivity contribution is 5.90. The van der Waals surface area contributed by atoms with E-state index in [-0.39, 0.29) is 25.0 Å². The van der Waals surface area contributed by atoms with E-state index in [9.17, 15) is 14.4 Å². The van der Waals surface area contributed by atoms with E-state index in [0.29, 0.717) is 63.9 Å². The summed E-state index contributed by atoms with van der Waals surface area (Å²) in [6.07, 6.45) is -1.06. The van der Waals surface area contributed by atoms with Gasteiger partial charge in [-0.2, -0.15) is 0 Å². The summed E-state index contributed by atoms with van der Waals surface area (Å²) in [6, 6.07) is 4.59. The predicted octanol–water partition coefficient (Wildman–Crippen LogP) is 0.708. The van der Waals surface area contributed by atoms with Gasteiger partial charge in [-0.15, -0.1) is 0 Å². The van der Waals surface area contributed by atoms with Crippen LogP contribution in [0.2, 0.25) is 0 Å². The van der Waals surface area contributed by atoms with Crippen molar-refractivity contribution in [2.75, 3.05) is 82.4 Å². The molecule has 12 heteroatoms. The molecule has 3 aliphatic rings. The molecule has 0 radical (unpaired) electrons. The van der Waals surface area contributed by atoms with Crippen LogP contribution in [-0.4, -0.2) is 112 Å². The Labute approximate surface area is 197 Å². The molecule has 11 nitrogen and oxygen atoms in total. The summed E-state index contributed by atoms with van der Waals surface area (Å²) in [5.41, 5.74) is 0.813. The number of ether oxygens (including phenoxy) is 2. The van der Waals surface area contributed by atoms with Crippen LogP contribution in [0.5, 0.6) is 0 Å². The third kappa shape index (κ3) is 5.33. The number of likely N-dealkylation sites (N-methyl/N-ethyl adjacent to an activating group) is 1. The molecule has 3 heterocycles. The fourth-order valence-electron chi connectivity index (χ4n) is 4.30. The number of nitrogens with zero attached hydrogens (tertiary/aromatic N) is 5. The van der Waals surface area contributed by atoms with Gasteiger partial charge in [-0.25, -0.2) is 19.0 Å². The SMILES string of the molecule is CC(=O)NC[C@H]1CN(c2ccc(N3CCN(C)N(C(=O)N4CCOCC4)CC3)c(F)c2)C(=O)O1. The predicted molar refractivity (Wildman–Crippen MR) is 122 cm³/mol. The minimum absolute atomic E-state index is 0.0650. The molecular weight excluding hydrogens is 447 g/mol. The Morgan fingerprint density at radius 2 is 1.85 bits per heavy atom. The van der Waals surface area contributed by atoms with E-state index in [0.717, 1.165) is 0 Å². The van der Waals surface area contributed by atoms with Gasteiger partial charge in [-0.1, -0.05) is 0 Å². The number of cyclic esters (lactones) is 1. The van der Waals surface area contributed by atoms with Crippen molar-refractivity contribution in [2.24, 2.45) is 0 Å². The third-order valence-corrected chi connectivity index (χ3v) is 6.23. The summed E-state index contributed by atoms with van der Waals surface area (Å²) in [5.74, 6) is -0.663. The zero-order valence-corrected chi connectivity index (χ0v) is 19.5. The number of carbonyl (C=O) groups is 3. The Morgan fingerprint density at radius 3 is 2.56 bits per heavy atom. The van der Waals surface area contributed by atoms with Crippen LogP contribution in [0.15, 0.2) is 18.2 Å². The number of nitrogens with one attached hydrogen (secondary N) is 1. The van der Waals surface area contributed by atoms with Crippen LogP contribution >= 0.6 is 0 Å². The van der Waals surface area contributed by atoms with Crippen molar-refractivity contribution in [2.45, 2.75) is 13.0 Å².